The lowest BCUT2D eigenvalue weighted by Crippen LogP contribution is -2.36. The fraction of sp³-hybridized carbons (Fsp3) is 1.00. The van der Waals surface area contributed by atoms with Gasteiger partial charge >= 0.3 is 0 Å². The average Bonchev–Trinajstić information content (AvgIpc) is 2.04. The summed E-state index contributed by atoms with van der Waals surface area (Å²) in [4.78, 5) is 0. The number of ether oxygens (including phenoxy) is 2. The van der Waals surface area contributed by atoms with Gasteiger partial charge in [0.25, 0.3) is 0 Å². The molecule has 2 nitrogen and oxygen atoms in total. The van der Waals surface area contributed by atoms with Crippen LogP contribution in [0.2, 0.25) is 0 Å². The molecule has 66 valence electrons. The van der Waals surface area contributed by atoms with Gasteiger partial charge in [0.05, 0.1) is 12.7 Å². The molecule has 0 aromatic carbocycles. The van der Waals surface area contributed by atoms with E-state index in [0.717, 1.165) is 19.6 Å². The fourth-order valence-corrected chi connectivity index (χ4v) is 1.65. The Hall–Kier alpha value is -0.0800. The van der Waals surface area contributed by atoms with Crippen LogP contribution in [0.1, 0.15) is 20.3 Å². The van der Waals surface area contributed by atoms with Gasteiger partial charge in [-0.2, -0.15) is 0 Å². The van der Waals surface area contributed by atoms with Crippen molar-refractivity contribution in [3.8, 4) is 0 Å². The zero-order valence-electron chi connectivity index (χ0n) is 7.67. The largest absolute Gasteiger partial charge is 0.381 e. The van der Waals surface area contributed by atoms with Crippen LogP contribution in [-0.2, 0) is 9.47 Å². The van der Waals surface area contributed by atoms with E-state index in [1.165, 1.54) is 0 Å². The normalized spacial score (nSPS) is 32.7. The Morgan fingerprint density at radius 2 is 2.18 bits per heavy atom. The predicted octanol–water partition coefficient (Wildman–Crippen LogP) is 1.69. The molecular weight excluding hydrogens is 140 g/mol. The van der Waals surface area contributed by atoms with E-state index in [-0.39, 0.29) is 0 Å². The minimum absolute atomic E-state index is 0.420. The van der Waals surface area contributed by atoms with Crippen molar-refractivity contribution in [2.75, 3.05) is 20.3 Å². The maximum atomic E-state index is 5.40. The van der Waals surface area contributed by atoms with Crippen LogP contribution < -0.4 is 0 Å². The van der Waals surface area contributed by atoms with Crippen molar-refractivity contribution in [2.45, 2.75) is 26.4 Å². The summed E-state index contributed by atoms with van der Waals surface area (Å²) >= 11 is 0. The third-order valence-corrected chi connectivity index (χ3v) is 2.49. The van der Waals surface area contributed by atoms with E-state index in [1.54, 1.807) is 7.11 Å². The summed E-state index contributed by atoms with van der Waals surface area (Å²) in [5, 5.41) is 0. The smallest absolute Gasteiger partial charge is 0.0645 e. The van der Waals surface area contributed by atoms with E-state index < -0.39 is 0 Å². The molecule has 1 aliphatic rings. The Labute approximate surface area is 68.9 Å². The van der Waals surface area contributed by atoms with Gasteiger partial charge in [-0.1, -0.05) is 13.8 Å². The van der Waals surface area contributed by atoms with Gasteiger partial charge in [0.15, 0.2) is 0 Å². The van der Waals surface area contributed by atoms with Gasteiger partial charge in [-0.05, 0) is 12.3 Å². The first-order valence-electron chi connectivity index (χ1n) is 4.36. The number of hydrogen-bond acceptors (Lipinski definition) is 2. The third kappa shape index (κ3) is 2.17. The Morgan fingerprint density at radius 3 is 2.64 bits per heavy atom. The van der Waals surface area contributed by atoms with Gasteiger partial charge in [0.1, 0.15) is 0 Å². The number of rotatable bonds is 2. The standard InChI is InChI=1S/C9H18O2/c1-7(2)8-6-11-5-4-9(8)10-3/h7-9H,4-6H2,1-3H3/t8-,9+/m0/s1. The lowest BCUT2D eigenvalue weighted by atomic mass is 9.88. The lowest BCUT2D eigenvalue weighted by molar-refractivity contribution is -0.0710. The minimum Gasteiger partial charge on any atom is -0.381 e. The molecule has 1 heterocycles. The molecule has 0 amide bonds. The summed E-state index contributed by atoms with van der Waals surface area (Å²) in [5.41, 5.74) is 0. The van der Waals surface area contributed by atoms with Crippen molar-refractivity contribution < 1.29 is 9.47 Å². The second-order valence-corrected chi connectivity index (χ2v) is 3.55. The van der Waals surface area contributed by atoms with Crippen LogP contribution >= 0.6 is 0 Å². The van der Waals surface area contributed by atoms with Gasteiger partial charge in [0.2, 0.25) is 0 Å². The highest BCUT2D eigenvalue weighted by Crippen LogP contribution is 2.24. The third-order valence-electron chi connectivity index (χ3n) is 2.49. The van der Waals surface area contributed by atoms with Crippen molar-refractivity contribution in [1.29, 1.82) is 0 Å². The molecule has 0 N–H and O–H groups in total. The maximum Gasteiger partial charge on any atom is 0.0645 e. The summed E-state index contributed by atoms with van der Waals surface area (Å²) < 4.78 is 10.8. The Morgan fingerprint density at radius 1 is 1.45 bits per heavy atom. The molecule has 0 aromatic rings. The lowest BCUT2D eigenvalue weighted by Gasteiger charge is -2.32. The molecule has 1 aliphatic heterocycles. The first-order chi connectivity index (χ1) is 5.25. The van der Waals surface area contributed by atoms with Crippen LogP contribution in [0.4, 0.5) is 0 Å². The molecule has 0 aliphatic carbocycles. The monoisotopic (exact) mass is 158 g/mol. The molecule has 1 saturated heterocycles. The van der Waals surface area contributed by atoms with Crippen molar-refractivity contribution in [3.63, 3.8) is 0 Å². The van der Waals surface area contributed by atoms with Crippen molar-refractivity contribution >= 4 is 0 Å². The first kappa shape index (κ1) is 9.01. The van der Waals surface area contributed by atoms with E-state index in [1.807, 2.05) is 0 Å². The first-order valence-corrected chi connectivity index (χ1v) is 4.36. The van der Waals surface area contributed by atoms with E-state index in [2.05, 4.69) is 13.8 Å². The van der Waals surface area contributed by atoms with Gasteiger partial charge in [-0.3, -0.25) is 0 Å². The molecule has 1 fully saturated rings. The molecule has 0 saturated carbocycles. The van der Waals surface area contributed by atoms with Crippen LogP contribution in [-0.4, -0.2) is 26.4 Å². The van der Waals surface area contributed by atoms with E-state index >= 15 is 0 Å². The topological polar surface area (TPSA) is 18.5 Å². The van der Waals surface area contributed by atoms with E-state index in [9.17, 15) is 0 Å². The molecule has 0 aromatic heterocycles. The number of methoxy groups -OCH3 is 1. The van der Waals surface area contributed by atoms with Crippen LogP contribution in [0.15, 0.2) is 0 Å². The van der Waals surface area contributed by atoms with Gasteiger partial charge in [-0.25, -0.2) is 0 Å². The molecular formula is C9H18O2. The minimum atomic E-state index is 0.420. The summed E-state index contributed by atoms with van der Waals surface area (Å²) in [7, 11) is 1.80. The Balaban J connectivity index is 2.44. The molecule has 11 heavy (non-hydrogen) atoms. The Bertz CT molecular complexity index is 112. The molecule has 0 bridgehead atoms. The highest BCUT2D eigenvalue weighted by molar-refractivity contribution is 4.76. The fourth-order valence-electron chi connectivity index (χ4n) is 1.65. The SMILES string of the molecule is CO[C@@H]1CCOC[C@H]1C(C)C. The average molecular weight is 158 g/mol. The summed E-state index contributed by atoms with van der Waals surface area (Å²) in [6.45, 7) is 6.19. The molecule has 0 unspecified atom stereocenters. The quantitative estimate of drug-likeness (QED) is 0.609. The Kier molecular flexibility index (Phi) is 3.34. The van der Waals surface area contributed by atoms with E-state index in [4.69, 9.17) is 9.47 Å². The molecule has 0 radical (unpaired) electrons. The van der Waals surface area contributed by atoms with Crippen LogP contribution in [0.3, 0.4) is 0 Å². The summed E-state index contributed by atoms with van der Waals surface area (Å²) in [5.74, 6) is 1.26. The second kappa shape index (κ2) is 4.07. The van der Waals surface area contributed by atoms with Crippen LogP contribution in [0.5, 0.6) is 0 Å². The van der Waals surface area contributed by atoms with Crippen molar-refractivity contribution in [1.82, 2.24) is 0 Å². The van der Waals surface area contributed by atoms with Crippen molar-refractivity contribution in [3.05, 3.63) is 0 Å². The predicted molar refractivity (Wildman–Crippen MR) is 44.6 cm³/mol. The summed E-state index contributed by atoms with van der Waals surface area (Å²) in [6, 6.07) is 0. The zero-order chi connectivity index (χ0) is 8.27. The second-order valence-electron chi connectivity index (χ2n) is 3.55. The van der Waals surface area contributed by atoms with Gasteiger partial charge in [0, 0.05) is 19.6 Å². The molecule has 0 spiro atoms. The molecule has 1 rings (SSSR count). The van der Waals surface area contributed by atoms with Crippen LogP contribution in [0.25, 0.3) is 0 Å². The number of hydrogen-bond donors (Lipinski definition) is 0. The van der Waals surface area contributed by atoms with Gasteiger partial charge in [-0.15, -0.1) is 0 Å². The molecule has 2 atom stereocenters. The highest BCUT2D eigenvalue weighted by Gasteiger charge is 2.27. The van der Waals surface area contributed by atoms with Gasteiger partial charge < -0.3 is 9.47 Å². The van der Waals surface area contributed by atoms with Crippen molar-refractivity contribution in [2.24, 2.45) is 11.8 Å². The van der Waals surface area contributed by atoms with Crippen LogP contribution in [0, 0.1) is 11.8 Å². The zero-order valence-corrected chi connectivity index (χ0v) is 7.67. The highest BCUT2D eigenvalue weighted by atomic mass is 16.5. The molecule has 2 heteroatoms. The van der Waals surface area contributed by atoms with E-state index in [0.29, 0.717) is 17.9 Å². The summed E-state index contributed by atoms with van der Waals surface area (Å²) in [6.07, 6.45) is 1.48. The maximum absolute atomic E-state index is 5.40.